The van der Waals surface area contributed by atoms with Crippen molar-refractivity contribution < 1.29 is 0 Å². The molecule has 0 amide bonds. The summed E-state index contributed by atoms with van der Waals surface area (Å²) < 4.78 is 0. The zero-order valence-electron chi connectivity index (χ0n) is 9.00. The predicted molar refractivity (Wildman–Crippen MR) is 59.0 cm³/mol. The number of likely N-dealkylation sites (tertiary alicyclic amines) is 1. The van der Waals surface area contributed by atoms with Crippen LogP contribution in [0.25, 0.3) is 0 Å². The van der Waals surface area contributed by atoms with Gasteiger partial charge in [-0.05, 0) is 45.7 Å². The van der Waals surface area contributed by atoms with Gasteiger partial charge in [-0.1, -0.05) is 5.92 Å². The van der Waals surface area contributed by atoms with Gasteiger partial charge in [-0.15, -0.1) is 6.42 Å². The quantitative estimate of drug-likeness (QED) is 0.676. The molecule has 2 aliphatic rings. The molecule has 1 aliphatic carbocycles. The van der Waals surface area contributed by atoms with Crippen molar-refractivity contribution in [2.24, 2.45) is 0 Å². The Labute approximate surface area is 87.1 Å². The first-order chi connectivity index (χ1) is 6.79. The van der Waals surface area contributed by atoms with E-state index in [1.165, 1.54) is 38.8 Å². The molecule has 1 heterocycles. The molecule has 2 rings (SSSR count). The maximum Gasteiger partial charge on any atom is 0.0660 e. The summed E-state index contributed by atoms with van der Waals surface area (Å²) in [6, 6.07) is 1.81. The second kappa shape index (κ2) is 4.33. The van der Waals surface area contributed by atoms with Crippen LogP contribution in [0.15, 0.2) is 0 Å². The summed E-state index contributed by atoms with van der Waals surface area (Å²) in [5.41, 5.74) is 0. The summed E-state index contributed by atoms with van der Waals surface area (Å²) in [6.45, 7) is 4.59. The van der Waals surface area contributed by atoms with Crippen molar-refractivity contribution >= 4 is 0 Å². The van der Waals surface area contributed by atoms with Gasteiger partial charge in [0, 0.05) is 12.1 Å². The summed E-state index contributed by atoms with van der Waals surface area (Å²) in [4.78, 5) is 2.64. The van der Waals surface area contributed by atoms with E-state index in [0.29, 0.717) is 6.04 Å². The van der Waals surface area contributed by atoms with Crippen molar-refractivity contribution in [3.05, 3.63) is 0 Å². The molecule has 0 spiro atoms. The smallest absolute Gasteiger partial charge is 0.0660 e. The Kier molecular flexibility index (Phi) is 3.10. The highest BCUT2D eigenvalue weighted by Crippen LogP contribution is 2.29. The van der Waals surface area contributed by atoms with Crippen molar-refractivity contribution in [2.45, 2.75) is 50.7 Å². The average molecular weight is 192 g/mol. The topological polar surface area (TPSA) is 15.3 Å². The molecule has 14 heavy (non-hydrogen) atoms. The highest BCUT2D eigenvalue weighted by molar-refractivity contribution is 4.98. The maximum absolute atomic E-state index is 5.35. The van der Waals surface area contributed by atoms with Crippen LogP contribution in [0.1, 0.15) is 32.6 Å². The average Bonchev–Trinajstić information content (AvgIpc) is 3.02. The molecule has 1 unspecified atom stereocenters. The predicted octanol–water partition coefficient (Wildman–Crippen LogP) is 1.22. The van der Waals surface area contributed by atoms with Crippen LogP contribution in [0, 0.1) is 12.3 Å². The van der Waals surface area contributed by atoms with E-state index in [9.17, 15) is 0 Å². The summed E-state index contributed by atoms with van der Waals surface area (Å²) in [5, 5.41) is 3.49. The molecule has 0 aromatic carbocycles. The van der Waals surface area contributed by atoms with Gasteiger partial charge in [0.15, 0.2) is 0 Å². The van der Waals surface area contributed by atoms with E-state index in [2.05, 4.69) is 23.1 Å². The number of nitrogens with one attached hydrogen (secondary N) is 1. The lowest BCUT2D eigenvalue weighted by molar-refractivity contribution is 0.187. The lowest BCUT2D eigenvalue weighted by Gasteiger charge is -2.33. The van der Waals surface area contributed by atoms with Gasteiger partial charge in [0.2, 0.25) is 0 Å². The van der Waals surface area contributed by atoms with Crippen LogP contribution < -0.4 is 5.32 Å². The monoisotopic (exact) mass is 192 g/mol. The molecule has 2 fully saturated rings. The zero-order valence-corrected chi connectivity index (χ0v) is 9.00. The SMILES string of the molecule is C#CC(C)NC1CCN(C2CC2)CC1. The third-order valence-electron chi connectivity index (χ3n) is 3.33. The summed E-state index contributed by atoms with van der Waals surface area (Å²) in [7, 11) is 0. The summed E-state index contributed by atoms with van der Waals surface area (Å²) in [6.07, 6.45) is 10.7. The van der Waals surface area contributed by atoms with Crippen molar-refractivity contribution in [1.29, 1.82) is 0 Å². The van der Waals surface area contributed by atoms with E-state index in [1.807, 2.05) is 0 Å². The second-order valence-corrected chi connectivity index (χ2v) is 4.60. The molecule has 1 saturated heterocycles. The van der Waals surface area contributed by atoms with Crippen molar-refractivity contribution in [2.75, 3.05) is 13.1 Å². The van der Waals surface area contributed by atoms with Crippen LogP contribution in [0.3, 0.4) is 0 Å². The van der Waals surface area contributed by atoms with Gasteiger partial charge in [0.05, 0.1) is 6.04 Å². The van der Waals surface area contributed by atoms with E-state index in [0.717, 1.165) is 6.04 Å². The van der Waals surface area contributed by atoms with E-state index in [1.54, 1.807) is 0 Å². The number of nitrogens with zero attached hydrogens (tertiary/aromatic N) is 1. The van der Waals surface area contributed by atoms with Crippen LogP contribution >= 0.6 is 0 Å². The molecular formula is C12H20N2. The number of rotatable bonds is 3. The van der Waals surface area contributed by atoms with Crippen molar-refractivity contribution in [3.63, 3.8) is 0 Å². The van der Waals surface area contributed by atoms with Crippen molar-refractivity contribution in [1.82, 2.24) is 10.2 Å². The molecule has 1 N–H and O–H groups in total. The van der Waals surface area contributed by atoms with Crippen LogP contribution in [0.2, 0.25) is 0 Å². The largest absolute Gasteiger partial charge is 0.301 e. The van der Waals surface area contributed by atoms with Gasteiger partial charge >= 0.3 is 0 Å². The zero-order chi connectivity index (χ0) is 9.97. The molecule has 1 saturated carbocycles. The Bertz CT molecular complexity index is 219. The van der Waals surface area contributed by atoms with E-state index >= 15 is 0 Å². The Morgan fingerprint density at radius 3 is 2.43 bits per heavy atom. The molecule has 0 bridgehead atoms. The van der Waals surface area contributed by atoms with Gasteiger partial charge in [0.25, 0.3) is 0 Å². The van der Waals surface area contributed by atoms with E-state index < -0.39 is 0 Å². The summed E-state index contributed by atoms with van der Waals surface area (Å²) >= 11 is 0. The first-order valence-electron chi connectivity index (χ1n) is 5.76. The molecule has 1 aliphatic heterocycles. The third kappa shape index (κ3) is 2.50. The number of hydrogen-bond acceptors (Lipinski definition) is 2. The highest BCUT2D eigenvalue weighted by Gasteiger charge is 2.31. The van der Waals surface area contributed by atoms with Crippen LogP contribution in [-0.4, -0.2) is 36.1 Å². The molecule has 2 nitrogen and oxygen atoms in total. The third-order valence-corrected chi connectivity index (χ3v) is 3.33. The Morgan fingerprint density at radius 1 is 1.29 bits per heavy atom. The molecule has 1 atom stereocenters. The normalized spacial score (nSPS) is 27.1. The molecular weight excluding hydrogens is 172 g/mol. The van der Waals surface area contributed by atoms with E-state index in [-0.39, 0.29) is 6.04 Å². The number of hydrogen-bond donors (Lipinski definition) is 1. The molecule has 0 aromatic heterocycles. The van der Waals surface area contributed by atoms with E-state index in [4.69, 9.17) is 6.42 Å². The standard InChI is InChI=1S/C12H20N2/c1-3-10(2)13-11-6-8-14(9-7-11)12-4-5-12/h1,10-13H,4-9H2,2H3. The molecule has 78 valence electrons. The van der Waals surface area contributed by atoms with Crippen LogP contribution in [0.5, 0.6) is 0 Å². The minimum atomic E-state index is 0.229. The Hall–Kier alpha value is -0.520. The fraction of sp³-hybridized carbons (Fsp3) is 0.833. The fourth-order valence-electron chi connectivity index (χ4n) is 2.27. The molecule has 2 heteroatoms. The molecule has 0 aromatic rings. The second-order valence-electron chi connectivity index (χ2n) is 4.60. The Morgan fingerprint density at radius 2 is 1.93 bits per heavy atom. The van der Waals surface area contributed by atoms with Gasteiger partial charge in [-0.25, -0.2) is 0 Å². The van der Waals surface area contributed by atoms with Gasteiger partial charge in [-0.3, -0.25) is 0 Å². The highest BCUT2D eigenvalue weighted by atomic mass is 15.2. The number of piperidine rings is 1. The van der Waals surface area contributed by atoms with Gasteiger partial charge in [0.1, 0.15) is 0 Å². The summed E-state index contributed by atoms with van der Waals surface area (Å²) in [5.74, 6) is 2.73. The Balaban J connectivity index is 1.70. The minimum absolute atomic E-state index is 0.229. The van der Waals surface area contributed by atoms with Crippen molar-refractivity contribution in [3.8, 4) is 12.3 Å². The lowest BCUT2D eigenvalue weighted by Crippen LogP contribution is -2.45. The first-order valence-corrected chi connectivity index (χ1v) is 5.76. The van der Waals surface area contributed by atoms with Crippen LogP contribution in [0.4, 0.5) is 0 Å². The lowest BCUT2D eigenvalue weighted by atomic mass is 10.0. The maximum atomic E-state index is 5.35. The number of terminal acetylenes is 1. The van der Waals surface area contributed by atoms with Crippen LogP contribution in [-0.2, 0) is 0 Å². The first kappa shape index (κ1) is 10.0. The molecule has 0 radical (unpaired) electrons. The fourth-order valence-corrected chi connectivity index (χ4v) is 2.27. The van der Waals surface area contributed by atoms with Gasteiger partial charge < -0.3 is 10.2 Å². The van der Waals surface area contributed by atoms with Gasteiger partial charge in [-0.2, -0.15) is 0 Å². The minimum Gasteiger partial charge on any atom is -0.301 e.